The first-order chi connectivity index (χ1) is 20.8. The first-order valence-electron chi connectivity index (χ1n) is 14.2. The molecule has 0 radical (unpaired) electrons. The van der Waals surface area contributed by atoms with Gasteiger partial charge in [0.15, 0.2) is 5.78 Å². The number of ketones is 1. The lowest BCUT2D eigenvalue weighted by molar-refractivity contribution is -0.114. The molecule has 1 amide bonds. The number of carbonyl (C=O) groups excluding carboxylic acids is 2. The zero-order valence-corrected chi connectivity index (χ0v) is 23.4. The number of likely N-dealkylation sites (tertiary alicyclic amines) is 1. The van der Waals surface area contributed by atoms with Gasteiger partial charge in [-0.05, 0) is 71.3 Å². The molecule has 0 N–H and O–H groups in total. The lowest BCUT2D eigenvalue weighted by Gasteiger charge is -2.31. The summed E-state index contributed by atoms with van der Waals surface area (Å²) >= 11 is 0. The summed E-state index contributed by atoms with van der Waals surface area (Å²) in [5, 5.41) is 0.888. The van der Waals surface area contributed by atoms with Crippen LogP contribution in [-0.2, 0) is 11.2 Å². The summed E-state index contributed by atoms with van der Waals surface area (Å²) in [5.41, 5.74) is 5.61. The largest absolute Gasteiger partial charge is 0.460 e. The van der Waals surface area contributed by atoms with E-state index in [2.05, 4.69) is 9.97 Å². The minimum atomic E-state index is -2.70. The van der Waals surface area contributed by atoms with Crippen molar-refractivity contribution >= 4 is 28.7 Å². The van der Waals surface area contributed by atoms with E-state index in [1.165, 1.54) is 4.90 Å². The Morgan fingerprint density at radius 2 is 1.63 bits per heavy atom. The molecule has 6 nitrogen and oxygen atoms in total. The van der Waals surface area contributed by atoms with Gasteiger partial charge in [-0.1, -0.05) is 24.3 Å². The number of fused-ring (bicyclic) bond motifs is 1. The van der Waals surface area contributed by atoms with E-state index in [0.29, 0.717) is 29.7 Å². The summed E-state index contributed by atoms with van der Waals surface area (Å²) in [4.78, 5) is 35.3. The molecule has 0 atom stereocenters. The number of rotatable bonds is 8. The molecule has 1 saturated heterocycles. The molecule has 4 heterocycles. The fourth-order valence-electron chi connectivity index (χ4n) is 5.25. The van der Waals surface area contributed by atoms with Crippen LogP contribution in [0, 0.1) is 0 Å². The van der Waals surface area contributed by atoms with Gasteiger partial charge in [-0.15, -0.1) is 0 Å². The van der Waals surface area contributed by atoms with Crippen LogP contribution in [0.15, 0.2) is 102 Å². The fraction of sp³-hybridized carbons (Fsp3) is 0.200. The highest BCUT2D eigenvalue weighted by Crippen LogP contribution is 2.36. The molecule has 1 aliphatic heterocycles. The quantitative estimate of drug-likeness (QED) is 0.177. The van der Waals surface area contributed by atoms with Gasteiger partial charge in [-0.3, -0.25) is 19.6 Å². The van der Waals surface area contributed by atoms with Gasteiger partial charge in [-0.2, -0.15) is 0 Å². The zero-order valence-electron chi connectivity index (χ0n) is 23.4. The SMILES string of the molecule is O=C(/C=C/c1cccnc1)CCc1cc2cc(-c3ccc(C(=O)N4CCC(F)(F)CC4)cc3)cc(-c3cccnc3)c2o1. The van der Waals surface area contributed by atoms with Crippen LogP contribution in [0.25, 0.3) is 39.3 Å². The van der Waals surface area contributed by atoms with E-state index in [4.69, 9.17) is 4.42 Å². The summed E-state index contributed by atoms with van der Waals surface area (Å²) in [5.74, 6) is -2.25. The molecule has 8 heteroatoms. The number of amides is 1. The molecular weight excluding hydrogens is 548 g/mol. The Morgan fingerprint density at radius 3 is 2.33 bits per heavy atom. The molecule has 3 aromatic heterocycles. The number of pyridine rings is 2. The molecule has 0 unspecified atom stereocenters. The third-order valence-electron chi connectivity index (χ3n) is 7.65. The Kier molecular flexibility index (Phi) is 7.92. The normalized spacial score (nSPS) is 14.8. The van der Waals surface area contributed by atoms with Gasteiger partial charge in [0.1, 0.15) is 11.3 Å². The number of aryl methyl sites for hydroxylation is 1. The average molecular weight is 578 g/mol. The minimum Gasteiger partial charge on any atom is -0.460 e. The Labute approximate surface area is 247 Å². The number of carbonyl (C=O) groups is 2. The van der Waals surface area contributed by atoms with Crippen molar-refractivity contribution in [3.63, 3.8) is 0 Å². The van der Waals surface area contributed by atoms with Crippen molar-refractivity contribution in [1.82, 2.24) is 14.9 Å². The van der Waals surface area contributed by atoms with Gasteiger partial charge in [0, 0.05) is 85.6 Å². The predicted octanol–water partition coefficient (Wildman–Crippen LogP) is 7.64. The number of furan rings is 1. The molecule has 2 aromatic carbocycles. The standard InChI is InChI=1S/C35H29F2N3O3/c36-35(37)13-17-40(18-14-35)34(42)26-8-6-25(7-9-26)28-19-29-20-31(12-11-30(41)10-5-24-3-1-15-38-22-24)43-33(29)32(21-28)27-4-2-16-39-23-27/h1-10,15-16,19-23H,11-14,17-18H2/b10-5+. The maximum Gasteiger partial charge on any atom is 0.253 e. The van der Waals surface area contributed by atoms with E-state index in [9.17, 15) is 18.4 Å². The summed E-state index contributed by atoms with van der Waals surface area (Å²) < 4.78 is 33.4. The molecule has 1 aliphatic rings. The van der Waals surface area contributed by atoms with Crippen LogP contribution < -0.4 is 0 Å². The summed E-state index contributed by atoms with van der Waals surface area (Å²) in [6, 6.07) is 20.8. The van der Waals surface area contributed by atoms with E-state index in [0.717, 1.165) is 33.2 Å². The van der Waals surface area contributed by atoms with E-state index < -0.39 is 5.92 Å². The van der Waals surface area contributed by atoms with Crippen LogP contribution in [0.3, 0.4) is 0 Å². The second kappa shape index (κ2) is 12.1. The molecule has 5 aromatic rings. The lowest BCUT2D eigenvalue weighted by Crippen LogP contribution is -2.42. The Balaban J connectivity index is 1.24. The van der Waals surface area contributed by atoms with Crippen LogP contribution in [0.2, 0.25) is 0 Å². The highest BCUT2D eigenvalue weighted by molar-refractivity contribution is 5.98. The summed E-state index contributed by atoms with van der Waals surface area (Å²) in [7, 11) is 0. The van der Waals surface area contributed by atoms with Gasteiger partial charge in [0.25, 0.3) is 11.8 Å². The number of nitrogens with zero attached hydrogens (tertiary/aromatic N) is 3. The maximum atomic E-state index is 13.6. The Bertz CT molecular complexity index is 1770. The summed E-state index contributed by atoms with van der Waals surface area (Å²) in [6.45, 7) is 0.0991. The predicted molar refractivity (Wildman–Crippen MR) is 162 cm³/mol. The van der Waals surface area contributed by atoms with Gasteiger partial charge in [0.05, 0.1) is 0 Å². The number of hydrogen-bond donors (Lipinski definition) is 0. The van der Waals surface area contributed by atoms with Crippen molar-refractivity contribution in [1.29, 1.82) is 0 Å². The second-order valence-corrected chi connectivity index (χ2v) is 10.7. The van der Waals surface area contributed by atoms with Crippen molar-refractivity contribution in [2.75, 3.05) is 13.1 Å². The lowest BCUT2D eigenvalue weighted by atomic mass is 9.96. The zero-order chi connectivity index (χ0) is 29.8. The number of halogens is 2. The number of alkyl halides is 2. The highest BCUT2D eigenvalue weighted by Gasteiger charge is 2.35. The van der Waals surface area contributed by atoms with Gasteiger partial charge in [-0.25, -0.2) is 8.78 Å². The van der Waals surface area contributed by atoms with Crippen molar-refractivity contribution < 1.29 is 22.8 Å². The highest BCUT2D eigenvalue weighted by atomic mass is 19.3. The van der Waals surface area contributed by atoms with Gasteiger partial charge < -0.3 is 9.32 Å². The van der Waals surface area contributed by atoms with Crippen molar-refractivity contribution in [2.45, 2.75) is 31.6 Å². The molecule has 43 heavy (non-hydrogen) atoms. The van der Waals surface area contributed by atoms with E-state index in [-0.39, 0.29) is 37.6 Å². The minimum absolute atomic E-state index is 0.00890. The number of aromatic nitrogens is 2. The molecule has 216 valence electrons. The van der Waals surface area contributed by atoms with Crippen LogP contribution in [0.5, 0.6) is 0 Å². The third-order valence-corrected chi connectivity index (χ3v) is 7.65. The van der Waals surface area contributed by atoms with E-state index >= 15 is 0 Å². The van der Waals surface area contributed by atoms with Gasteiger partial charge >= 0.3 is 0 Å². The monoisotopic (exact) mass is 577 g/mol. The molecule has 0 bridgehead atoms. The molecule has 6 rings (SSSR count). The number of piperidine rings is 1. The topological polar surface area (TPSA) is 76.3 Å². The van der Waals surface area contributed by atoms with Crippen LogP contribution >= 0.6 is 0 Å². The average Bonchev–Trinajstić information content (AvgIpc) is 3.46. The number of allylic oxidation sites excluding steroid dienone is 1. The fourth-order valence-corrected chi connectivity index (χ4v) is 5.25. The molecular formula is C35H29F2N3O3. The van der Waals surface area contributed by atoms with Crippen LogP contribution in [0.1, 0.15) is 40.9 Å². The van der Waals surface area contributed by atoms with Gasteiger partial charge in [0.2, 0.25) is 0 Å². The van der Waals surface area contributed by atoms with Crippen LogP contribution in [-0.4, -0.2) is 45.6 Å². The van der Waals surface area contributed by atoms with Crippen LogP contribution in [0.4, 0.5) is 8.78 Å². The first kappa shape index (κ1) is 28.2. The second-order valence-electron chi connectivity index (χ2n) is 10.7. The van der Waals surface area contributed by atoms with Crippen molar-refractivity contribution in [3.05, 3.63) is 114 Å². The molecule has 0 saturated carbocycles. The number of hydrogen-bond acceptors (Lipinski definition) is 5. The molecule has 1 fully saturated rings. The number of benzene rings is 2. The summed E-state index contributed by atoms with van der Waals surface area (Å²) in [6.07, 6.45) is 10.3. The molecule has 0 spiro atoms. The van der Waals surface area contributed by atoms with Crippen molar-refractivity contribution in [2.24, 2.45) is 0 Å². The Hall–Kier alpha value is -4.98. The Morgan fingerprint density at radius 1 is 0.884 bits per heavy atom. The van der Waals surface area contributed by atoms with E-state index in [1.807, 2.05) is 54.6 Å². The third kappa shape index (κ3) is 6.59. The maximum absolute atomic E-state index is 13.6. The first-order valence-corrected chi connectivity index (χ1v) is 14.2. The van der Waals surface area contributed by atoms with E-state index in [1.54, 1.807) is 49.1 Å². The van der Waals surface area contributed by atoms with Crippen molar-refractivity contribution in [3.8, 4) is 22.3 Å². The molecule has 0 aliphatic carbocycles. The smallest absolute Gasteiger partial charge is 0.253 e.